The number of nitrogens with one attached hydrogen (secondary N) is 1. The van der Waals surface area contributed by atoms with Gasteiger partial charge in [0.15, 0.2) is 0 Å². The zero-order chi connectivity index (χ0) is 14.3. The van der Waals surface area contributed by atoms with Crippen molar-refractivity contribution in [1.29, 1.82) is 0 Å². The molecule has 1 N–H and O–H groups in total. The average molecular weight is 289 g/mol. The average Bonchev–Trinajstić information content (AvgIpc) is 3.15. The van der Waals surface area contributed by atoms with Crippen LogP contribution >= 0.6 is 0 Å². The van der Waals surface area contributed by atoms with Crippen molar-refractivity contribution in [2.24, 2.45) is 5.92 Å². The van der Waals surface area contributed by atoms with Crippen molar-refractivity contribution in [3.63, 3.8) is 0 Å². The van der Waals surface area contributed by atoms with Gasteiger partial charge in [0.2, 0.25) is 11.7 Å². The van der Waals surface area contributed by atoms with Crippen molar-refractivity contribution in [1.82, 2.24) is 15.5 Å². The van der Waals surface area contributed by atoms with E-state index in [0.717, 1.165) is 26.1 Å². The van der Waals surface area contributed by atoms with Gasteiger partial charge >= 0.3 is 0 Å². The Morgan fingerprint density at radius 3 is 3.14 bits per heavy atom. The Morgan fingerprint density at radius 1 is 1.33 bits per heavy atom. The van der Waals surface area contributed by atoms with Crippen molar-refractivity contribution in [2.75, 3.05) is 26.3 Å². The molecule has 0 aliphatic carbocycles. The van der Waals surface area contributed by atoms with Crippen molar-refractivity contribution in [3.8, 4) is 11.4 Å². The van der Waals surface area contributed by atoms with E-state index < -0.39 is 0 Å². The number of benzene rings is 1. The van der Waals surface area contributed by atoms with Gasteiger partial charge in [-0.1, -0.05) is 17.3 Å². The van der Waals surface area contributed by atoms with Gasteiger partial charge in [-0.15, -0.1) is 0 Å². The molecule has 3 heterocycles. The monoisotopic (exact) mass is 289 g/mol. The van der Waals surface area contributed by atoms with E-state index in [0.29, 0.717) is 29.8 Å². The molecule has 4 rings (SSSR count). The van der Waals surface area contributed by atoms with Crippen LogP contribution in [0.1, 0.15) is 12.3 Å². The molecule has 0 amide bonds. The molecule has 21 heavy (non-hydrogen) atoms. The lowest BCUT2D eigenvalue weighted by atomic mass is 9.75. The number of hydrogen-bond acceptors (Lipinski definition) is 5. The third-order valence-electron chi connectivity index (χ3n) is 4.55. The number of halogens is 1. The highest BCUT2D eigenvalue weighted by Gasteiger charge is 2.50. The summed E-state index contributed by atoms with van der Waals surface area (Å²) in [6.07, 6.45) is 0.977. The molecule has 2 saturated heterocycles. The first-order valence-corrected chi connectivity index (χ1v) is 7.17. The lowest BCUT2D eigenvalue weighted by Gasteiger charge is -2.34. The van der Waals surface area contributed by atoms with E-state index in [1.165, 1.54) is 6.07 Å². The van der Waals surface area contributed by atoms with Crippen LogP contribution in [0.3, 0.4) is 0 Å². The molecule has 2 aromatic rings. The van der Waals surface area contributed by atoms with Crippen LogP contribution in [0.2, 0.25) is 0 Å². The fourth-order valence-corrected chi connectivity index (χ4v) is 3.33. The molecular weight excluding hydrogens is 273 g/mol. The number of ether oxygens (including phenoxy) is 1. The summed E-state index contributed by atoms with van der Waals surface area (Å²) >= 11 is 0. The quantitative estimate of drug-likeness (QED) is 0.912. The zero-order valence-electron chi connectivity index (χ0n) is 11.5. The van der Waals surface area contributed by atoms with Crippen molar-refractivity contribution in [3.05, 3.63) is 36.0 Å². The SMILES string of the molecule is Fc1ccccc1-c1noc([C@]23CNC[C@H]2CCOC3)n1. The summed E-state index contributed by atoms with van der Waals surface area (Å²) in [4.78, 5) is 4.46. The van der Waals surface area contributed by atoms with E-state index in [2.05, 4.69) is 15.5 Å². The minimum atomic E-state index is -0.344. The lowest BCUT2D eigenvalue weighted by molar-refractivity contribution is 0.00198. The summed E-state index contributed by atoms with van der Waals surface area (Å²) < 4.78 is 24.9. The number of fused-ring (bicyclic) bond motifs is 1. The first-order valence-electron chi connectivity index (χ1n) is 7.17. The fourth-order valence-electron chi connectivity index (χ4n) is 3.33. The Kier molecular flexibility index (Phi) is 3.01. The van der Waals surface area contributed by atoms with Crippen LogP contribution in [-0.4, -0.2) is 36.4 Å². The summed E-state index contributed by atoms with van der Waals surface area (Å²) in [5.74, 6) is 0.938. The topological polar surface area (TPSA) is 60.2 Å². The second kappa shape index (κ2) is 4.89. The van der Waals surface area contributed by atoms with Crippen LogP contribution < -0.4 is 5.32 Å². The van der Waals surface area contributed by atoms with E-state index in [9.17, 15) is 4.39 Å². The molecular formula is C15H16FN3O2. The van der Waals surface area contributed by atoms with Gasteiger partial charge in [-0.05, 0) is 31.0 Å². The van der Waals surface area contributed by atoms with Gasteiger partial charge < -0.3 is 14.6 Å². The first-order chi connectivity index (χ1) is 10.3. The van der Waals surface area contributed by atoms with Gasteiger partial charge in [0, 0.05) is 13.2 Å². The van der Waals surface area contributed by atoms with Crippen LogP contribution in [0, 0.1) is 11.7 Å². The molecule has 5 nitrogen and oxygen atoms in total. The molecule has 0 bridgehead atoms. The highest BCUT2D eigenvalue weighted by Crippen LogP contribution is 2.40. The Hall–Kier alpha value is -1.79. The van der Waals surface area contributed by atoms with Crippen molar-refractivity contribution < 1.29 is 13.7 Å². The Labute approximate surface area is 121 Å². The summed E-state index contributed by atoms with van der Waals surface area (Å²) in [5, 5.41) is 7.35. The fraction of sp³-hybridized carbons (Fsp3) is 0.467. The van der Waals surface area contributed by atoms with Gasteiger partial charge in [0.25, 0.3) is 0 Å². The van der Waals surface area contributed by atoms with Crippen LogP contribution in [-0.2, 0) is 10.2 Å². The molecule has 2 atom stereocenters. The zero-order valence-corrected chi connectivity index (χ0v) is 11.5. The highest BCUT2D eigenvalue weighted by atomic mass is 19.1. The Morgan fingerprint density at radius 2 is 2.24 bits per heavy atom. The number of rotatable bonds is 2. The summed E-state index contributed by atoms with van der Waals surface area (Å²) in [5.41, 5.74) is 0.0949. The summed E-state index contributed by atoms with van der Waals surface area (Å²) in [6, 6.07) is 6.46. The van der Waals surface area contributed by atoms with Gasteiger partial charge in [-0.25, -0.2) is 4.39 Å². The van der Waals surface area contributed by atoms with Gasteiger partial charge in [-0.3, -0.25) is 0 Å². The predicted molar refractivity (Wildman–Crippen MR) is 73.2 cm³/mol. The second-order valence-electron chi connectivity index (χ2n) is 5.73. The summed E-state index contributed by atoms with van der Waals surface area (Å²) in [6.45, 7) is 3.03. The maximum atomic E-state index is 13.8. The van der Waals surface area contributed by atoms with Gasteiger partial charge in [0.05, 0.1) is 17.6 Å². The lowest BCUT2D eigenvalue weighted by Crippen LogP contribution is -2.44. The molecule has 6 heteroatoms. The van der Waals surface area contributed by atoms with Crippen LogP contribution in [0.15, 0.2) is 28.8 Å². The highest BCUT2D eigenvalue weighted by molar-refractivity contribution is 5.55. The van der Waals surface area contributed by atoms with E-state index in [1.54, 1.807) is 18.2 Å². The standard InChI is InChI=1S/C15H16FN3O2/c16-12-4-2-1-3-11(12)13-18-14(21-19-13)15-8-17-7-10(15)5-6-20-9-15/h1-4,10,17H,5-9H2/t10-,15+/m1/s1. The van der Waals surface area contributed by atoms with Gasteiger partial charge in [-0.2, -0.15) is 4.98 Å². The third kappa shape index (κ3) is 1.98. The number of nitrogens with zero attached hydrogens (tertiary/aromatic N) is 2. The molecule has 1 aromatic carbocycles. The molecule has 2 aliphatic heterocycles. The predicted octanol–water partition coefficient (Wildman–Crippen LogP) is 1.75. The van der Waals surface area contributed by atoms with Crippen LogP contribution in [0.25, 0.3) is 11.4 Å². The van der Waals surface area contributed by atoms with Crippen molar-refractivity contribution in [2.45, 2.75) is 11.8 Å². The van der Waals surface area contributed by atoms with Gasteiger partial charge in [0.1, 0.15) is 5.82 Å². The van der Waals surface area contributed by atoms with E-state index >= 15 is 0 Å². The largest absolute Gasteiger partial charge is 0.380 e. The molecule has 2 fully saturated rings. The maximum absolute atomic E-state index is 13.8. The molecule has 2 aliphatic rings. The molecule has 1 aromatic heterocycles. The Bertz CT molecular complexity index is 660. The van der Waals surface area contributed by atoms with Crippen molar-refractivity contribution >= 4 is 0 Å². The minimum Gasteiger partial charge on any atom is -0.380 e. The van der Waals surface area contributed by atoms with Crippen LogP contribution in [0.5, 0.6) is 0 Å². The molecule has 0 unspecified atom stereocenters. The Balaban J connectivity index is 1.73. The molecule has 0 spiro atoms. The third-order valence-corrected chi connectivity index (χ3v) is 4.55. The number of hydrogen-bond donors (Lipinski definition) is 1. The minimum absolute atomic E-state index is 0.269. The van der Waals surface area contributed by atoms with Crippen LogP contribution in [0.4, 0.5) is 4.39 Å². The molecule has 0 saturated carbocycles. The summed E-state index contributed by atoms with van der Waals surface area (Å²) in [7, 11) is 0. The maximum Gasteiger partial charge on any atom is 0.237 e. The normalized spacial score (nSPS) is 28.5. The smallest absolute Gasteiger partial charge is 0.237 e. The first kappa shape index (κ1) is 12.9. The molecule has 0 radical (unpaired) electrons. The van der Waals surface area contributed by atoms with E-state index in [4.69, 9.17) is 9.26 Å². The van der Waals surface area contributed by atoms with E-state index in [1.807, 2.05) is 0 Å². The molecule has 110 valence electrons. The van der Waals surface area contributed by atoms with E-state index in [-0.39, 0.29) is 11.2 Å². The number of aromatic nitrogens is 2. The second-order valence-corrected chi connectivity index (χ2v) is 5.73.